The number of hydrogen-bond donors (Lipinski definition) is 1. The molecule has 2 nitrogen and oxygen atoms in total. The minimum atomic E-state index is -0.586. The zero-order valence-corrected chi connectivity index (χ0v) is 12.8. The fourth-order valence-corrected chi connectivity index (χ4v) is 2.80. The lowest BCUT2D eigenvalue weighted by atomic mass is 10.1. The van der Waals surface area contributed by atoms with E-state index in [1.54, 1.807) is 18.2 Å². The van der Waals surface area contributed by atoms with Gasteiger partial charge in [0, 0.05) is 21.3 Å². The second-order valence-corrected chi connectivity index (χ2v) is 5.53. The Labute approximate surface area is 128 Å². The third-order valence-corrected chi connectivity index (χ3v) is 3.61. The number of benzene rings is 2. The van der Waals surface area contributed by atoms with E-state index >= 15 is 0 Å². The summed E-state index contributed by atoms with van der Waals surface area (Å²) in [4.78, 5) is 0. The monoisotopic (exact) mass is 304 g/mol. The van der Waals surface area contributed by atoms with E-state index in [1.165, 1.54) is 0 Å². The molecule has 1 atom stereocenters. The molecule has 0 aliphatic heterocycles. The predicted octanol–water partition coefficient (Wildman–Crippen LogP) is 5.29. The molecule has 0 bridgehead atoms. The quantitative estimate of drug-likeness (QED) is 0.836. The van der Waals surface area contributed by atoms with Crippen LogP contribution in [0.4, 0.5) is 5.69 Å². The number of hydrogen-bond acceptors (Lipinski definition) is 2. The Bertz CT molecular complexity index is 634. The largest absolute Gasteiger partial charge is 0.366 e. The Morgan fingerprint density at radius 3 is 2.10 bits per heavy atom. The van der Waals surface area contributed by atoms with Gasteiger partial charge in [0.15, 0.2) is 0 Å². The lowest BCUT2D eigenvalue weighted by Gasteiger charge is -2.17. The third kappa shape index (κ3) is 3.25. The van der Waals surface area contributed by atoms with Crippen LogP contribution in [0.5, 0.6) is 0 Å². The molecule has 4 heteroatoms. The second kappa shape index (κ2) is 6.17. The minimum Gasteiger partial charge on any atom is -0.366 e. The van der Waals surface area contributed by atoms with Crippen LogP contribution < -0.4 is 5.32 Å². The molecule has 0 saturated heterocycles. The molecule has 102 valence electrons. The van der Waals surface area contributed by atoms with Gasteiger partial charge >= 0.3 is 0 Å². The molecule has 2 aromatic carbocycles. The summed E-state index contributed by atoms with van der Waals surface area (Å²) in [6, 6.07) is 12.9. The Balaban J connectivity index is 2.37. The van der Waals surface area contributed by atoms with E-state index in [9.17, 15) is 5.26 Å². The molecular weight excluding hydrogens is 291 g/mol. The fourth-order valence-electron chi connectivity index (χ4n) is 2.18. The molecule has 0 amide bonds. The van der Waals surface area contributed by atoms with Gasteiger partial charge in [0.1, 0.15) is 6.04 Å². The Kier molecular flexibility index (Phi) is 4.54. The number of aryl methyl sites for hydroxylation is 2. The van der Waals surface area contributed by atoms with Crippen LogP contribution in [-0.4, -0.2) is 0 Å². The van der Waals surface area contributed by atoms with Crippen molar-refractivity contribution < 1.29 is 0 Å². The van der Waals surface area contributed by atoms with E-state index in [-0.39, 0.29) is 0 Å². The summed E-state index contributed by atoms with van der Waals surface area (Å²) < 4.78 is 0. The molecule has 20 heavy (non-hydrogen) atoms. The van der Waals surface area contributed by atoms with Gasteiger partial charge in [-0.2, -0.15) is 5.26 Å². The molecule has 0 radical (unpaired) electrons. The normalized spacial score (nSPS) is 11.8. The van der Waals surface area contributed by atoms with Crippen LogP contribution >= 0.6 is 23.2 Å². The molecule has 2 rings (SSSR count). The van der Waals surface area contributed by atoms with Crippen molar-refractivity contribution >= 4 is 28.9 Å². The summed E-state index contributed by atoms with van der Waals surface area (Å²) in [5.41, 5.74) is 3.76. The Morgan fingerprint density at radius 1 is 1.05 bits per heavy atom. The van der Waals surface area contributed by atoms with Crippen LogP contribution in [0.1, 0.15) is 22.7 Å². The highest BCUT2D eigenvalue weighted by molar-refractivity contribution is 6.36. The Morgan fingerprint density at radius 2 is 1.60 bits per heavy atom. The predicted molar refractivity (Wildman–Crippen MR) is 84.4 cm³/mol. The molecule has 1 unspecified atom stereocenters. The van der Waals surface area contributed by atoms with Crippen molar-refractivity contribution in [1.29, 1.82) is 5.26 Å². The average molecular weight is 305 g/mol. The zero-order chi connectivity index (χ0) is 14.7. The summed E-state index contributed by atoms with van der Waals surface area (Å²) in [6.45, 7) is 4.03. The third-order valence-electron chi connectivity index (χ3n) is 2.95. The molecule has 0 aliphatic carbocycles. The number of anilines is 1. The maximum absolute atomic E-state index is 9.40. The summed E-state index contributed by atoms with van der Waals surface area (Å²) >= 11 is 12.3. The molecule has 0 spiro atoms. The first-order valence-electron chi connectivity index (χ1n) is 6.19. The van der Waals surface area contributed by atoms with Crippen molar-refractivity contribution in [2.45, 2.75) is 19.9 Å². The topological polar surface area (TPSA) is 35.8 Å². The van der Waals surface area contributed by atoms with Crippen molar-refractivity contribution in [3.63, 3.8) is 0 Å². The van der Waals surface area contributed by atoms with Gasteiger partial charge in [-0.05, 0) is 49.2 Å². The van der Waals surface area contributed by atoms with Gasteiger partial charge in [-0.25, -0.2) is 0 Å². The van der Waals surface area contributed by atoms with Crippen LogP contribution in [0.25, 0.3) is 0 Å². The molecule has 2 aromatic rings. The summed E-state index contributed by atoms with van der Waals surface area (Å²) in [6.07, 6.45) is 0. The number of nitriles is 1. The van der Waals surface area contributed by atoms with Crippen LogP contribution in [0.2, 0.25) is 10.0 Å². The lowest BCUT2D eigenvalue weighted by molar-refractivity contribution is 0.996. The maximum atomic E-state index is 9.40. The number of halogens is 2. The van der Waals surface area contributed by atoms with Crippen LogP contribution in [0.3, 0.4) is 0 Å². The smallest absolute Gasteiger partial charge is 0.143 e. The van der Waals surface area contributed by atoms with Gasteiger partial charge < -0.3 is 5.32 Å². The fraction of sp³-hybridized carbons (Fsp3) is 0.188. The number of nitrogens with one attached hydrogen (secondary N) is 1. The first kappa shape index (κ1) is 14.7. The summed E-state index contributed by atoms with van der Waals surface area (Å²) in [5.74, 6) is 0. The van der Waals surface area contributed by atoms with E-state index < -0.39 is 6.04 Å². The van der Waals surface area contributed by atoms with Crippen molar-refractivity contribution in [2.24, 2.45) is 0 Å². The molecule has 0 fully saturated rings. The molecule has 0 aromatic heterocycles. The number of rotatable bonds is 3. The van der Waals surface area contributed by atoms with Crippen LogP contribution in [0.15, 0.2) is 36.4 Å². The Hall–Kier alpha value is -1.69. The van der Waals surface area contributed by atoms with Crippen LogP contribution in [-0.2, 0) is 0 Å². The van der Waals surface area contributed by atoms with Gasteiger partial charge in [0.05, 0.1) is 6.07 Å². The SMILES string of the molecule is Cc1cc(C)cc(NC(C#N)c2c(Cl)cccc2Cl)c1. The van der Waals surface area contributed by atoms with Gasteiger partial charge in [-0.15, -0.1) is 0 Å². The van der Waals surface area contributed by atoms with E-state index in [4.69, 9.17) is 23.2 Å². The van der Waals surface area contributed by atoms with Gasteiger partial charge in [0.25, 0.3) is 0 Å². The summed E-state index contributed by atoms with van der Waals surface area (Å²) in [7, 11) is 0. The van der Waals surface area contributed by atoms with Gasteiger partial charge in [-0.3, -0.25) is 0 Å². The zero-order valence-electron chi connectivity index (χ0n) is 11.2. The molecule has 0 heterocycles. The average Bonchev–Trinajstić information content (AvgIpc) is 2.36. The van der Waals surface area contributed by atoms with Gasteiger partial charge in [-0.1, -0.05) is 35.3 Å². The highest BCUT2D eigenvalue weighted by atomic mass is 35.5. The van der Waals surface area contributed by atoms with E-state index in [2.05, 4.69) is 17.5 Å². The van der Waals surface area contributed by atoms with Crippen LogP contribution in [0, 0.1) is 25.2 Å². The van der Waals surface area contributed by atoms with E-state index in [1.807, 2.05) is 26.0 Å². The standard InChI is InChI=1S/C16H14Cl2N2/c1-10-6-11(2)8-12(7-10)20-15(9-19)16-13(17)4-3-5-14(16)18/h3-8,15,20H,1-2H3. The van der Waals surface area contributed by atoms with Crippen molar-refractivity contribution in [2.75, 3.05) is 5.32 Å². The van der Waals surface area contributed by atoms with E-state index in [0.29, 0.717) is 15.6 Å². The number of nitrogens with zero attached hydrogens (tertiary/aromatic N) is 1. The van der Waals surface area contributed by atoms with Crippen molar-refractivity contribution in [3.05, 3.63) is 63.1 Å². The van der Waals surface area contributed by atoms with Crippen molar-refractivity contribution in [1.82, 2.24) is 0 Å². The van der Waals surface area contributed by atoms with Gasteiger partial charge in [0.2, 0.25) is 0 Å². The van der Waals surface area contributed by atoms with E-state index in [0.717, 1.165) is 16.8 Å². The maximum Gasteiger partial charge on any atom is 0.143 e. The first-order valence-corrected chi connectivity index (χ1v) is 6.95. The summed E-state index contributed by atoms with van der Waals surface area (Å²) in [5, 5.41) is 13.6. The highest BCUT2D eigenvalue weighted by Gasteiger charge is 2.17. The minimum absolute atomic E-state index is 0.487. The molecular formula is C16H14Cl2N2. The molecule has 1 N–H and O–H groups in total. The molecule has 0 aliphatic rings. The molecule has 0 saturated carbocycles. The second-order valence-electron chi connectivity index (χ2n) is 4.72. The lowest BCUT2D eigenvalue weighted by Crippen LogP contribution is -2.10. The first-order chi connectivity index (χ1) is 9.51. The highest BCUT2D eigenvalue weighted by Crippen LogP contribution is 2.32. The van der Waals surface area contributed by atoms with Crippen molar-refractivity contribution in [3.8, 4) is 6.07 Å².